The molecule has 158 valence electrons. The van der Waals surface area contributed by atoms with Crippen LogP contribution < -0.4 is 5.32 Å². The summed E-state index contributed by atoms with van der Waals surface area (Å²) >= 11 is 0. The standard InChI is InChI=1S/C23H27N3O3S/c27-22(15-25-10-12-26(13-11-25)17-9-14-30(28,29)16-17)24-23-20-7-3-1-5-18(20)19-6-2-4-8-21(19)23/h1-8,17,23H,9-16H2,(H,24,27)/t17-/m1/s1. The molecule has 0 bridgehead atoms. The maximum absolute atomic E-state index is 12.9. The average molecular weight is 426 g/mol. The van der Waals surface area contributed by atoms with Gasteiger partial charge in [-0.3, -0.25) is 14.6 Å². The summed E-state index contributed by atoms with van der Waals surface area (Å²) in [5.41, 5.74) is 4.69. The van der Waals surface area contributed by atoms with E-state index in [1.54, 1.807) is 0 Å². The van der Waals surface area contributed by atoms with Gasteiger partial charge in [-0.05, 0) is 28.7 Å². The molecule has 1 amide bonds. The number of nitrogens with zero attached hydrogens (tertiary/aromatic N) is 2. The third-order valence-corrected chi connectivity index (χ3v) is 8.39. The Hall–Kier alpha value is -2.22. The van der Waals surface area contributed by atoms with Crippen molar-refractivity contribution >= 4 is 15.7 Å². The first kappa shape index (κ1) is 19.7. The van der Waals surface area contributed by atoms with Crippen molar-refractivity contribution in [2.45, 2.75) is 18.5 Å². The normalized spacial score (nSPS) is 23.8. The number of sulfone groups is 1. The minimum Gasteiger partial charge on any atom is -0.344 e. The van der Waals surface area contributed by atoms with Crippen molar-refractivity contribution < 1.29 is 13.2 Å². The lowest BCUT2D eigenvalue weighted by Crippen LogP contribution is -2.52. The van der Waals surface area contributed by atoms with Crippen LogP contribution >= 0.6 is 0 Å². The molecule has 2 aliphatic heterocycles. The number of hydrogen-bond acceptors (Lipinski definition) is 5. The Kier molecular flexibility index (Phi) is 5.13. The molecule has 0 unspecified atom stereocenters. The highest BCUT2D eigenvalue weighted by molar-refractivity contribution is 7.91. The van der Waals surface area contributed by atoms with Gasteiger partial charge in [0, 0.05) is 32.2 Å². The number of nitrogens with one attached hydrogen (secondary N) is 1. The minimum atomic E-state index is -2.86. The van der Waals surface area contributed by atoms with Crippen molar-refractivity contribution in [2.75, 3.05) is 44.2 Å². The van der Waals surface area contributed by atoms with E-state index in [1.807, 2.05) is 24.3 Å². The van der Waals surface area contributed by atoms with Gasteiger partial charge >= 0.3 is 0 Å². The van der Waals surface area contributed by atoms with Crippen LogP contribution in [0.2, 0.25) is 0 Å². The van der Waals surface area contributed by atoms with E-state index in [2.05, 4.69) is 39.4 Å². The third kappa shape index (κ3) is 3.77. The number of benzene rings is 2. The molecule has 5 rings (SSSR count). The molecule has 7 heteroatoms. The summed E-state index contributed by atoms with van der Waals surface area (Å²) in [5, 5.41) is 3.24. The third-order valence-electron chi connectivity index (χ3n) is 6.64. The second-order valence-electron chi connectivity index (χ2n) is 8.54. The van der Waals surface area contributed by atoms with Gasteiger partial charge in [0.25, 0.3) is 0 Å². The molecule has 1 N–H and O–H groups in total. The molecule has 0 saturated carbocycles. The Morgan fingerprint density at radius 1 is 0.933 bits per heavy atom. The van der Waals surface area contributed by atoms with Crippen LogP contribution in [0.1, 0.15) is 23.6 Å². The van der Waals surface area contributed by atoms with Crippen LogP contribution in [-0.2, 0) is 14.6 Å². The molecule has 1 aliphatic carbocycles. The van der Waals surface area contributed by atoms with E-state index in [4.69, 9.17) is 0 Å². The monoisotopic (exact) mass is 425 g/mol. The van der Waals surface area contributed by atoms with Gasteiger partial charge in [-0.1, -0.05) is 48.5 Å². The molecule has 2 saturated heterocycles. The van der Waals surface area contributed by atoms with Crippen molar-refractivity contribution in [1.29, 1.82) is 0 Å². The van der Waals surface area contributed by atoms with Crippen LogP contribution in [0, 0.1) is 0 Å². The minimum absolute atomic E-state index is 0.0309. The Balaban J connectivity index is 1.20. The van der Waals surface area contributed by atoms with Crippen LogP contribution in [0.5, 0.6) is 0 Å². The predicted octanol–water partition coefficient (Wildman–Crippen LogP) is 1.68. The first-order valence-electron chi connectivity index (χ1n) is 10.6. The van der Waals surface area contributed by atoms with Crippen LogP contribution in [0.3, 0.4) is 0 Å². The lowest BCUT2D eigenvalue weighted by atomic mass is 10.1. The SMILES string of the molecule is O=C(CN1CCN([C@@H]2CCS(=O)(=O)C2)CC1)NC1c2ccccc2-c2ccccc21. The van der Waals surface area contributed by atoms with Gasteiger partial charge in [-0.2, -0.15) is 0 Å². The van der Waals surface area contributed by atoms with E-state index in [9.17, 15) is 13.2 Å². The van der Waals surface area contributed by atoms with E-state index in [-0.39, 0.29) is 23.7 Å². The summed E-state index contributed by atoms with van der Waals surface area (Å²) in [6.07, 6.45) is 0.739. The summed E-state index contributed by atoms with van der Waals surface area (Å²) < 4.78 is 23.5. The summed E-state index contributed by atoms with van der Waals surface area (Å²) in [5.74, 6) is 0.627. The van der Waals surface area contributed by atoms with Gasteiger partial charge in [0.05, 0.1) is 24.1 Å². The quantitative estimate of drug-likeness (QED) is 0.807. The number of piperazine rings is 1. The molecule has 0 spiro atoms. The molecular formula is C23H27N3O3S. The maximum Gasteiger partial charge on any atom is 0.234 e. The van der Waals surface area contributed by atoms with Crippen LogP contribution in [0.4, 0.5) is 0 Å². The maximum atomic E-state index is 12.9. The van der Waals surface area contributed by atoms with E-state index in [0.29, 0.717) is 12.3 Å². The number of fused-ring (bicyclic) bond motifs is 3. The lowest BCUT2D eigenvalue weighted by Gasteiger charge is -2.37. The van der Waals surface area contributed by atoms with Gasteiger partial charge < -0.3 is 5.32 Å². The van der Waals surface area contributed by atoms with Crippen molar-refractivity contribution in [3.05, 3.63) is 59.7 Å². The second-order valence-corrected chi connectivity index (χ2v) is 10.8. The average Bonchev–Trinajstić information content (AvgIpc) is 3.27. The number of carbonyl (C=O) groups excluding carboxylic acids is 1. The lowest BCUT2D eigenvalue weighted by molar-refractivity contribution is -0.123. The molecule has 1 atom stereocenters. The highest BCUT2D eigenvalue weighted by Crippen LogP contribution is 2.42. The Labute approximate surface area is 177 Å². The van der Waals surface area contributed by atoms with E-state index in [1.165, 1.54) is 11.1 Å². The molecule has 30 heavy (non-hydrogen) atoms. The smallest absolute Gasteiger partial charge is 0.234 e. The van der Waals surface area contributed by atoms with Crippen molar-refractivity contribution in [2.24, 2.45) is 0 Å². The van der Waals surface area contributed by atoms with Crippen molar-refractivity contribution in [3.8, 4) is 11.1 Å². The molecule has 2 fully saturated rings. The van der Waals surface area contributed by atoms with Gasteiger partial charge in [-0.25, -0.2) is 8.42 Å². The first-order chi connectivity index (χ1) is 14.5. The van der Waals surface area contributed by atoms with Gasteiger partial charge in [0.1, 0.15) is 0 Å². The Bertz CT molecular complexity index is 1020. The molecule has 2 aromatic rings. The fourth-order valence-corrected chi connectivity index (χ4v) is 6.83. The number of hydrogen-bond donors (Lipinski definition) is 1. The van der Waals surface area contributed by atoms with Crippen molar-refractivity contribution in [1.82, 2.24) is 15.1 Å². The Morgan fingerprint density at radius 2 is 1.53 bits per heavy atom. The van der Waals surface area contributed by atoms with E-state index >= 15 is 0 Å². The molecule has 6 nitrogen and oxygen atoms in total. The van der Waals surface area contributed by atoms with Gasteiger partial charge in [0.2, 0.25) is 5.91 Å². The Morgan fingerprint density at radius 3 is 2.10 bits per heavy atom. The number of carbonyl (C=O) groups is 1. The molecule has 0 radical (unpaired) electrons. The second kappa shape index (κ2) is 7.80. The van der Waals surface area contributed by atoms with Crippen LogP contribution in [-0.4, -0.2) is 74.4 Å². The fraction of sp³-hybridized carbons (Fsp3) is 0.435. The first-order valence-corrected chi connectivity index (χ1v) is 12.5. The molecule has 2 heterocycles. The molecule has 3 aliphatic rings. The molecule has 0 aromatic heterocycles. The summed E-state index contributed by atoms with van der Waals surface area (Å²) in [7, 11) is -2.86. The zero-order chi connectivity index (χ0) is 20.7. The van der Waals surface area contributed by atoms with E-state index in [0.717, 1.165) is 43.7 Å². The van der Waals surface area contributed by atoms with Gasteiger partial charge in [0.15, 0.2) is 9.84 Å². The molecular weight excluding hydrogens is 398 g/mol. The highest BCUT2D eigenvalue weighted by atomic mass is 32.2. The predicted molar refractivity (Wildman–Crippen MR) is 117 cm³/mol. The fourth-order valence-electron chi connectivity index (χ4n) is 5.07. The largest absolute Gasteiger partial charge is 0.344 e. The van der Waals surface area contributed by atoms with Crippen LogP contribution in [0.15, 0.2) is 48.5 Å². The molecule has 2 aromatic carbocycles. The zero-order valence-electron chi connectivity index (χ0n) is 17.0. The number of amides is 1. The summed E-state index contributed by atoms with van der Waals surface area (Å²) in [4.78, 5) is 17.3. The topological polar surface area (TPSA) is 69.7 Å². The summed E-state index contributed by atoms with van der Waals surface area (Å²) in [6.45, 7) is 3.60. The number of rotatable bonds is 4. The van der Waals surface area contributed by atoms with E-state index < -0.39 is 9.84 Å². The van der Waals surface area contributed by atoms with Gasteiger partial charge in [-0.15, -0.1) is 0 Å². The van der Waals surface area contributed by atoms with Crippen LogP contribution in [0.25, 0.3) is 11.1 Å². The van der Waals surface area contributed by atoms with Crippen molar-refractivity contribution in [3.63, 3.8) is 0 Å². The summed E-state index contributed by atoms with van der Waals surface area (Å²) in [6, 6.07) is 16.6. The highest BCUT2D eigenvalue weighted by Gasteiger charge is 2.34. The zero-order valence-corrected chi connectivity index (χ0v) is 17.8.